The second-order valence-electron chi connectivity index (χ2n) is 8.57. The van der Waals surface area contributed by atoms with E-state index in [-0.39, 0.29) is 23.8 Å². The Morgan fingerprint density at radius 1 is 1.14 bits per heavy atom. The third kappa shape index (κ3) is 2.46. The molecule has 2 aromatic rings. The Hall–Kier alpha value is -2.83. The summed E-state index contributed by atoms with van der Waals surface area (Å²) in [5.74, 6) is -0.158. The van der Waals surface area contributed by atoms with Gasteiger partial charge >= 0.3 is 6.03 Å². The van der Waals surface area contributed by atoms with E-state index in [1.54, 1.807) is 11.9 Å². The Morgan fingerprint density at radius 2 is 1.86 bits per heavy atom. The molecule has 0 bridgehead atoms. The van der Waals surface area contributed by atoms with E-state index in [1.807, 2.05) is 17.0 Å². The highest BCUT2D eigenvalue weighted by Gasteiger charge is 2.55. The number of aryl methyl sites for hydroxylation is 1. The molecule has 29 heavy (non-hydrogen) atoms. The van der Waals surface area contributed by atoms with E-state index in [2.05, 4.69) is 17.1 Å². The number of carbonyl (C=O) groups excluding carboxylic acids is 3. The van der Waals surface area contributed by atoms with Gasteiger partial charge in [0.1, 0.15) is 5.54 Å². The molecule has 3 heterocycles. The highest BCUT2D eigenvalue weighted by atomic mass is 16.2. The Morgan fingerprint density at radius 3 is 2.55 bits per heavy atom. The van der Waals surface area contributed by atoms with Crippen LogP contribution < -0.4 is 0 Å². The molecular formula is C22H26N4O3. The first-order chi connectivity index (χ1) is 13.9. The average molecular weight is 394 g/mol. The van der Waals surface area contributed by atoms with Crippen LogP contribution in [0.2, 0.25) is 0 Å². The van der Waals surface area contributed by atoms with E-state index in [0.29, 0.717) is 25.9 Å². The molecule has 7 heteroatoms. The Bertz CT molecular complexity index is 1020. The number of hydrogen-bond acceptors (Lipinski definition) is 3. The van der Waals surface area contributed by atoms with E-state index in [0.717, 1.165) is 30.5 Å². The molecule has 2 aliphatic heterocycles. The first kappa shape index (κ1) is 18.2. The molecule has 1 unspecified atom stereocenters. The number of rotatable bonds is 1. The normalized spacial score (nSPS) is 23.9. The van der Waals surface area contributed by atoms with Gasteiger partial charge in [-0.15, -0.1) is 0 Å². The van der Waals surface area contributed by atoms with Crippen molar-refractivity contribution in [3.63, 3.8) is 0 Å². The molecular weight excluding hydrogens is 368 g/mol. The minimum absolute atomic E-state index is 0.139. The topological polar surface area (TPSA) is 76.7 Å². The molecule has 0 saturated carbocycles. The lowest BCUT2D eigenvalue weighted by Gasteiger charge is -2.42. The molecule has 1 atom stereocenters. The number of amides is 4. The van der Waals surface area contributed by atoms with Crippen molar-refractivity contribution < 1.29 is 14.4 Å². The average Bonchev–Trinajstić information content (AvgIpc) is 3.21. The summed E-state index contributed by atoms with van der Waals surface area (Å²) in [5.41, 5.74) is 2.64. The van der Waals surface area contributed by atoms with Crippen LogP contribution in [0.25, 0.3) is 10.9 Å². The van der Waals surface area contributed by atoms with Crippen LogP contribution in [-0.2, 0) is 16.0 Å². The summed E-state index contributed by atoms with van der Waals surface area (Å²) in [6.07, 6.45) is 3.84. The Kier molecular flexibility index (Phi) is 3.98. The standard InChI is InChI=1S/C22H26N4O3/c1-24-20(28)22(25(2)21(24)29)10-12-26(13-11-22)19(27)16-8-5-7-15-14-6-3-4-9-17(14)23-18(15)16/h3-4,6,9,16,23H,5,7-8,10-13H2,1-2H3. The highest BCUT2D eigenvalue weighted by Crippen LogP contribution is 2.39. The predicted octanol–water partition coefficient (Wildman–Crippen LogP) is 2.47. The van der Waals surface area contributed by atoms with E-state index >= 15 is 0 Å². The molecule has 152 valence electrons. The smallest absolute Gasteiger partial charge is 0.327 e. The second-order valence-corrected chi connectivity index (χ2v) is 8.57. The molecule has 4 amide bonds. The van der Waals surface area contributed by atoms with Crippen molar-refractivity contribution in [2.75, 3.05) is 27.2 Å². The number of fused-ring (bicyclic) bond motifs is 3. The number of hydrogen-bond donors (Lipinski definition) is 1. The second kappa shape index (κ2) is 6.34. The van der Waals surface area contributed by atoms with Gasteiger partial charge < -0.3 is 14.8 Å². The third-order valence-electron chi connectivity index (χ3n) is 7.23. The Labute approximate surface area is 169 Å². The summed E-state index contributed by atoms with van der Waals surface area (Å²) in [7, 11) is 3.23. The van der Waals surface area contributed by atoms with Crippen LogP contribution in [-0.4, -0.2) is 70.3 Å². The minimum atomic E-state index is -0.790. The molecule has 0 radical (unpaired) electrons. The fraction of sp³-hybridized carbons (Fsp3) is 0.500. The van der Waals surface area contributed by atoms with Gasteiger partial charge in [-0.25, -0.2) is 4.79 Å². The predicted molar refractivity (Wildman–Crippen MR) is 108 cm³/mol. The van der Waals surface area contributed by atoms with Crippen molar-refractivity contribution in [3.8, 4) is 0 Å². The SMILES string of the molecule is CN1C(=O)N(C)C2(CCN(C(=O)C3CCCc4c3[nH]c3ccccc43)CC2)C1=O. The third-order valence-corrected chi connectivity index (χ3v) is 7.23. The zero-order chi connectivity index (χ0) is 20.3. The van der Waals surface area contributed by atoms with Gasteiger partial charge in [-0.3, -0.25) is 14.5 Å². The van der Waals surface area contributed by atoms with Gasteiger partial charge in [0.2, 0.25) is 5.91 Å². The molecule has 1 aliphatic carbocycles. The quantitative estimate of drug-likeness (QED) is 0.755. The van der Waals surface area contributed by atoms with E-state index in [9.17, 15) is 14.4 Å². The summed E-state index contributed by atoms with van der Waals surface area (Å²) < 4.78 is 0. The number of benzene rings is 1. The van der Waals surface area contributed by atoms with Gasteiger partial charge in [-0.1, -0.05) is 18.2 Å². The lowest BCUT2D eigenvalue weighted by atomic mass is 9.83. The van der Waals surface area contributed by atoms with Crippen LogP contribution in [0.15, 0.2) is 24.3 Å². The lowest BCUT2D eigenvalue weighted by molar-refractivity contribution is -0.141. The number of aromatic nitrogens is 1. The van der Waals surface area contributed by atoms with Gasteiger partial charge in [0.15, 0.2) is 0 Å². The number of carbonyl (C=O) groups is 3. The van der Waals surface area contributed by atoms with Crippen molar-refractivity contribution >= 4 is 28.7 Å². The lowest BCUT2D eigenvalue weighted by Crippen LogP contribution is -2.56. The van der Waals surface area contributed by atoms with Crippen LogP contribution >= 0.6 is 0 Å². The summed E-state index contributed by atoms with van der Waals surface area (Å²) in [6.45, 7) is 1.00. The number of likely N-dealkylation sites (N-methyl/N-ethyl adjacent to an activating group) is 2. The van der Waals surface area contributed by atoms with Crippen molar-refractivity contribution in [1.82, 2.24) is 19.7 Å². The van der Waals surface area contributed by atoms with Crippen LogP contribution in [0.3, 0.4) is 0 Å². The fourth-order valence-electron chi connectivity index (χ4n) is 5.48. The molecule has 1 aromatic carbocycles. The van der Waals surface area contributed by atoms with Crippen LogP contribution in [0.5, 0.6) is 0 Å². The van der Waals surface area contributed by atoms with Crippen molar-refractivity contribution in [1.29, 1.82) is 0 Å². The van der Waals surface area contributed by atoms with Gasteiger partial charge in [-0.2, -0.15) is 0 Å². The van der Waals surface area contributed by atoms with Gasteiger partial charge in [-0.05, 0) is 43.7 Å². The number of piperidine rings is 1. The van der Waals surface area contributed by atoms with Gasteiger partial charge in [0.25, 0.3) is 5.91 Å². The molecule has 2 fully saturated rings. The van der Waals surface area contributed by atoms with Gasteiger partial charge in [0.05, 0.1) is 5.92 Å². The highest BCUT2D eigenvalue weighted by molar-refractivity contribution is 6.06. The number of para-hydroxylation sites is 1. The summed E-state index contributed by atoms with van der Waals surface area (Å²) in [4.78, 5) is 46.5. The van der Waals surface area contributed by atoms with Crippen LogP contribution in [0.4, 0.5) is 4.79 Å². The van der Waals surface area contributed by atoms with E-state index in [1.165, 1.54) is 22.9 Å². The maximum atomic E-state index is 13.4. The number of H-pyrrole nitrogens is 1. The van der Waals surface area contributed by atoms with Crippen LogP contribution in [0, 0.1) is 0 Å². The zero-order valence-electron chi connectivity index (χ0n) is 16.9. The number of nitrogens with one attached hydrogen (secondary N) is 1. The van der Waals surface area contributed by atoms with Crippen molar-refractivity contribution in [3.05, 3.63) is 35.5 Å². The van der Waals surface area contributed by atoms with Crippen LogP contribution in [0.1, 0.15) is 42.9 Å². The number of urea groups is 1. The van der Waals surface area contributed by atoms with Crippen molar-refractivity contribution in [2.45, 2.75) is 43.6 Å². The monoisotopic (exact) mass is 394 g/mol. The minimum Gasteiger partial charge on any atom is -0.357 e. The first-order valence-electron chi connectivity index (χ1n) is 10.4. The first-order valence-corrected chi connectivity index (χ1v) is 10.4. The van der Waals surface area contributed by atoms with E-state index in [4.69, 9.17) is 0 Å². The largest absolute Gasteiger partial charge is 0.357 e. The Balaban J connectivity index is 1.37. The fourth-order valence-corrected chi connectivity index (χ4v) is 5.48. The summed E-state index contributed by atoms with van der Waals surface area (Å²) >= 11 is 0. The maximum Gasteiger partial charge on any atom is 0.327 e. The molecule has 7 nitrogen and oxygen atoms in total. The van der Waals surface area contributed by atoms with Crippen molar-refractivity contribution in [2.24, 2.45) is 0 Å². The number of nitrogens with zero attached hydrogens (tertiary/aromatic N) is 3. The molecule has 1 spiro atoms. The molecule has 3 aliphatic rings. The summed E-state index contributed by atoms with van der Waals surface area (Å²) in [5, 5.41) is 1.22. The molecule has 1 N–H and O–H groups in total. The molecule has 5 rings (SSSR count). The number of likely N-dealkylation sites (tertiary alicyclic amines) is 1. The maximum absolute atomic E-state index is 13.4. The summed E-state index contributed by atoms with van der Waals surface area (Å²) in [6, 6.07) is 7.98. The zero-order valence-corrected chi connectivity index (χ0v) is 16.9. The van der Waals surface area contributed by atoms with E-state index < -0.39 is 5.54 Å². The van der Waals surface area contributed by atoms with Gasteiger partial charge in [0, 0.05) is 43.8 Å². The molecule has 1 aromatic heterocycles. The number of imide groups is 1. The number of aromatic amines is 1. The molecule has 2 saturated heterocycles.